The molecule has 3 aromatic carbocycles. The molecule has 0 saturated carbocycles. The molecular formula is C22H18S. The lowest BCUT2D eigenvalue weighted by atomic mass is 9.69. The summed E-state index contributed by atoms with van der Waals surface area (Å²) in [6.45, 7) is 4.73. The zero-order chi connectivity index (χ0) is 15.6. The van der Waals surface area contributed by atoms with Gasteiger partial charge in [-0.05, 0) is 34.7 Å². The van der Waals surface area contributed by atoms with E-state index in [0.29, 0.717) is 0 Å². The molecule has 0 fully saturated rings. The normalized spacial score (nSPS) is 15.6. The van der Waals surface area contributed by atoms with Crippen LogP contribution < -0.4 is 0 Å². The largest absolute Gasteiger partial charge is 0.135 e. The summed E-state index contributed by atoms with van der Waals surface area (Å²) in [5.41, 5.74) is 6.07. The van der Waals surface area contributed by atoms with Crippen LogP contribution in [0.15, 0.2) is 60.7 Å². The Morgan fingerprint density at radius 2 is 1.57 bits per heavy atom. The highest BCUT2D eigenvalue weighted by Crippen LogP contribution is 2.46. The van der Waals surface area contributed by atoms with Gasteiger partial charge in [0.1, 0.15) is 0 Å². The molecule has 5 rings (SSSR count). The highest BCUT2D eigenvalue weighted by Gasteiger charge is 2.33. The fourth-order valence-electron chi connectivity index (χ4n) is 4.23. The van der Waals surface area contributed by atoms with Gasteiger partial charge in [0, 0.05) is 25.6 Å². The van der Waals surface area contributed by atoms with Crippen molar-refractivity contribution in [2.45, 2.75) is 25.7 Å². The van der Waals surface area contributed by atoms with E-state index in [0.717, 1.165) is 6.42 Å². The lowest BCUT2D eigenvalue weighted by Crippen LogP contribution is -2.26. The molecule has 0 nitrogen and oxygen atoms in total. The van der Waals surface area contributed by atoms with E-state index in [2.05, 4.69) is 74.5 Å². The highest BCUT2D eigenvalue weighted by atomic mass is 32.1. The number of hydrogen-bond acceptors (Lipinski definition) is 1. The third-order valence-corrected chi connectivity index (χ3v) is 6.63. The van der Waals surface area contributed by atoms with Crippen molar-refractivity contribution in [2.75, 3.05) is 0 Å². The van der Waals surface area contributed by atoms with Gasteiger partial charge >= 0.3 is 0 Å². The molecule has 1 aliphatic rings. The van der Waals surface area contributed by atoms with Crippen LogP contribution in [-0.4, -0.2) is 0 Å². The standard InChI is InChI=1S/C22H18S/c1-22(2)18-9-5-3-7-14(18)13-17-19(22)12-11-16-15-8-4-6-10-20(15)23-21(16)17/h3-12H,13H2,1-2H3. The summed E-state index contributed by atoms with van der Waals surface area (Å²) in [5.74, 6) is 0. The number of rotatable bonds is 0. The van der Waals surface area contributed by atoms with E-state index < -0.39 is 0 Å². The van der Waals surface area contributed by atoms with Crippen LogP contribution in [-0.2, 0) is 11.8 Å². The molecular weight excluding hydrogens is 296 g/mol. The summed E-state index contributed by atoms with van der Waals surface area (Å²) in [6, 6.07) is 22.4. The van der Waals surface area contributed by atoms with Gasteiger partial charge in [-0.15, -0.1) is 11.3 Å². The molecule has 0 aliphatic heterocycles. The minimum absolute atomic E-state index is 0.0779. The molecule has 0 N–H and O–H groups in total. The molecule has 1 heteroatoms. The monoisotopic (exact) mass is 314 g/mol. The molecule has 1 heterocycles. The summed E-state index contributed by atoms with van der Waals surface area (Å²) in [7, 11) is 0. The van der Waals surface area contributed by atoms with E-state index >= 15 is 0 Å². The maximum Gasteiger partial charge on any atom is 0.0393 e. The van der Waals surface area contributed by atoms with Crippen molar-refractivity contribution in [3.05, 3.63) is 82.9 Å². The van der Waals surface area contributed by atoms with Gasteiger partial charge < -0.3 is 0 Å². The van der Waals surface area contributed by atoms with Crippen LogP contribution in [0.3, 0.4) is 0 Å². The van der Waals surface area contributed by atoms with Crippen molar-refractivity contribution >= 4 is 31.5 Å². The number of fused-ring (bicyclic) bond motifs is 6. The third-order valence-electron chi connectivity index (χ3n) is 5.38. The van der Waals surface area contributed by atoms with Crippen LogP contribution >= 0.6 is 11.3 Å². The van der Waals surface area contributed by atoms with Crippen LogP contribution in [0, 0.1) is 0 Å². The number of thiophene rings is 1. The van der Waals surface area contributed by atoms with Crippen LogP contribution in [0.25, 0.3) is 20.2 Å². The number of hydrogen-bond donors (Lipinski definition) is 0. The van der Waals surface area contributed by atoms with Crippen molar-refractivity contribution in [3.63, 3.8) is 0 Å². The second-order valence-corrected chi connectivity index (χ2v) is 8.08. The van der Waals surface area contributed by atoms with Crippen LogP contribution in [0.1, 0.15) is 36.1 Å². The molecule has 0 bridgehead atoms. The van der Waals surface area contributed by atoms with Crippen molar-refractivity contribution in [1.29, 1.82) is 0 Å². The molecule has 0 amide bonds. The van der Waals surface area contributed by atoms with Crippen LogP contribution in [0.4, 0.5) is 0 Å². The van der Waals surface area contributed by atoms with Crippen molar-refractivity contribution in [2.24, 2.45) is 0 Å². The quantitative estimate of drug-likeness (QED) is 0.358. The Balaban J connectivity index is 1.89. The second kappa shape index (κ2) is 4.46. The minimum atomic E-state index is 0.0779. The van der Waals surface area contributed by atoms with Crippen molar-refractivity contribution < 1.29 is 0 Å². The average Bonchev–Trinajstić information content (AvgIpc) is 2.94. The minimum Gasteiger partial charge on any atom is -0.135 e. The third kappa shape index (κ3) is 1.71. The molecule has 0 spiro atoms. The second-order valence-electron chi connectivity index (χ2n) is 7.03. The Bertz CT molecular complexity index is 1070. The van der Waals surface area contributed by atoms with E-state index in [1.165, 1.54) is 42.4 Å². The van der Waals surface area contributed by atoms with Crippen molar-refractivity contribution in [1.82, 2.24) is 0 Å². The first-order valence-electron chi connectivity index (χ1n) is 8.18. The molecule has 0 unspecified atom stereocenters. The molecule has 0 radical (unpaired) electrons. The number of benzene rings is 3. The van der Waals surface area contributed by atoms with Gasteiger partial charge in [-0.2, -0.15) is 0 Å². The first kappa shape index (κ1) is 13.3. The summed E-state index contributed by atoms with van der Waals surface area (Å²) >= 11 is 1.95. The van der Waals surface area contributed by atoms with Gasteiger partial charge in [-0.3, -0.25) is 0 Å². The SMILES string of the molecule is CC1(C)c2ccccc2Cc2c1ccc1c2sc2ccccc21. The van der Waals surface area contributed by atoms with Gasteiger partial charge in [0.05, 0.1) is 0 Å². The van der Waals surface area contributed by atoms with Gasteiger partial charge in [0.15, 0.2) is 0 Å². The van der Waals surface area contributed by atoms with Crippen molar-refractivity contribution in [3.8, 4) is 0 Å². The summed E-state index contributed by atoms with van der Waals surface area (Å²) in [6.07, 6.45) is 1.05. The topological polar surface area (TPSA) is 0 Å². The molecule has 23 heavy (non-hydrogen) atoms. The highest BCUT2D eigenvalue weighted by molar-refractivity contribution is 7.26. The maximum absolute atomic E-state index is 2.37. The Labute approximate surface area is 140 Å². The molecule has 112 valence electrons. The van der Waals surface area contributed by atoms with Gasteiger partial charge in [-0.1, -0.05) is 68.4 Å². The average molecular weight is 314 g/mol. The fraction of sp³-hybridized carbons (Fsp3) is 0.182. The van der Waals surface area contributed by atoms with Gasteiger partial charge in [0.2, 0.25) is 0 Å². The Hall–Kier alpha value is -2.12. The zero-order valence-corrected chi connectivity index (χ0v) is 14.2. The first-order chi connectivity index (χ1) is 11.2. The smallest absolute Gasteiger partial charge is 0.0393 e. The van der Waals surface area contributed by atoms with E-state index in [1.807, 2.05) is 11.3 Å². The zero-order valence-electron chi connectivity index (χ0n) is 13.4. The molecule has 0 atom stereocenters. The first-order valence-corrected chi connectivity index (χ1v) is 9.00. The Morgan fingerprint density at radius 1 is 0.783 bits per heavy atom. The summed E-state index contributed by atoms with van der Waals surface area (Å²) < 4.78 is 2.87. The molecule has 1 aromatic heterocycles. The Kier molecular flexibility index (Phi) is 2.58. The Morgan fingerprint density at radius 3 is 2.48 bits per heavy atom. The van der Waals surface area contributed by atoms with E-state index in [-0.39, 0.29) is 5.41 Å². The van der Waals surface area contributed by atoms with Gasteiger partial charge in [-0.25, -0.2) is 0 Å². The van der Waals surface area contributed by atoms with E-state index in [9.17, 15) is 0 Å². The fourth-order valence-corrected chi connectivity index (χ4v) is 5.47. The maximum atomic E-state index is 2.37. The van der Waals surface area contributed by atoms with E-state index in [1.54, 1.807) is 0 Å². The molecule has 1 aliphatic carbocycles. The lowest BCUT2D eigenvalue weighted by molar-refractivity contribution is 0.613. The van der Waals surface area contributed by atoms with Gasteiger partial charge in [0.25, 0.3) is 0 Å². The molecule has 0 saturated heterocycles. The molecule has 4 aromatic rings. The summed E-state index contributed by atoms with van der Waals surface area (Å²) in [5, 5.41) is 2.81. The van der Waals surface area contributed by atoms with Crippen LogP contribution in [0.5, 0.6) is 0 Å². The predicted octanol–water partition coefficient (Wildman–Crippen LogP) is 6.28. The van der Waals surface area contributed by atoms with E-state index in [4.69, 9.17) is 0 Å². The summed E-state index contributed by atoms with van der Waals surface area (Å²) in [4.78, 5) is 0. The lowest BCUT2D eigenvalue weighted by Gasteiger charge is -2.35. The van der Waals surface area contributed by atoms with Crippen LogP contribution in [0.2, 0.25) is 0 Å². The predicted molar refractivity (Wildman–Crippen MR) is 101 cm³/mol.